The Hall–Kier alpha value is -1.09. The van der Waals surface area contributed by atoms with Gasteiger partial charge in [0.2, 0.25) is 0 Å². The molecule has 0 atom stereocenters. The number of hydrogen-bond acceptors (Lipinski definition) is 1. The van der Waals surface area contributed by atoms with Crippen LogP contribution < -0.4 is 4.74 Å². The lowest BCUT2D eigenvalue weighted by Gasteiger charge is -2.11. The summed E-state index contributed by atoms with van der Waals surface area (Å²) in [5.41, 5.74) is 1.08. The molecule has 84 valence electrons. The fourth-order valence-corrected chi connectivity index (χ4v) is 2.32. The molecule has 2 aromatic carbocycles. The fraction of sp³-hybridized carbons (Fsp3) is 0.231. The highest BCUT2D eigenvalue weighted by molar-refractivity contribution is 9.08. The zero-order valence-electron chi connectivity index (χ0n) is 8.75. The predicted molar refractivity (Wildman–Crippen MR) is 68.0 cm³/mol. The second-order valence-electron chi connectivity index (χ2n) is 3.43. The van der Waals surface area contributed by atoms with E-state index >= 15 is 0 Å². The highest BCUT2D eigenvalue weighted by Crippen LogP contribution is 2.29. The van der Waals surface area contributed by atoms with Gasteiger partial charge in [-0.15, -0.1) is 0 Å². The Bertz CT molecular complexity index is 484. The van der Waals surface area contributed by atoms with Crippen LogP contribution in [0.5, 0.6) is 5.75 Å². The minimum Gasteiger partial charge on any atom is -0.491 e. The quantitative estimate of drug-likeness (QED) is 0.768. The molecule has 0 unspecified atom stereocenters. The topological polar surface area (TPSA) is 9.23 Å². The number of ether oxygens (including phenoxy) is 1. The van der Waals surface area contributed by atoms with Crippen molar-refractivity contribution in [3.63, 3.8) is 0 Å². The predicted octanol–water partition coefficient (Wildman–Crippen LogP) is 4.08. The molecule has 0 saturated heterocycles. The molecule has 2 rings (SSSR count). The van der Waals surface area contributed by atoms with Crippen molar-refractivity contribution in [3.05, 3.63) is 42.0 Å². The monoisotopic (exact) mass is 282 g/mol. The molecule has 2 aromatic rings. The third kappa shape index (κ3) is 2.19. The lowest BCUT2D eigenvalue weighted by molar-refractivity contribution is 0.272. The average molecular weight is 283 g/mol. The Morgan fingerprint density at radius 1 is 1.12 bits per heavy atom. The lowest BCUT2D eigenvalue weighted by Crippen LogP contribution is -2.01. The molecule has 0 fully saturated rings. The molecule has 0 heterocycles. The molecule has 1 nitrogen and oxygen atoms in total. The average Bonchev–Trinajstić information content (AvgIpc) is 2.35. The van der Waals surface area contributed by atoms with Crippen molar-refractivity contribution in [1.82, 2.24) is 0 Å². The van der Waals surface area contributed by atoms with Crippen LogP contribution in [0.3, 0.4) is 0 Å². The summed E-state index contributed by atoms with van der Waals surface area (Å²) in [6.07, 6.45) is 0. The van der Waals surface area contributed by atoms with Crippen LogP contribution >= 0.6 is 15.9 Å². The molecular formula is C13H12BrFO. The first-order valence-electron chi connectivity index (χ1n) is 5.12. The fourth-order valence-electron chi connectivity index (χ4n) is 1.74. The number of hydrogen-bond donors (Lipinski definition) is 0. The van der Waals surface area contributed by atoms with E-state index in [0.717, 1.165) is 16.7 Å². The molecule has 0 N–H and O–H groups in total. The van der Waals surface area contributed by atoms with E-state index in [-0.39, 0.29) is 6.61 Å². The summed E-state index contributed by atoms with van der Waals surface area (Å²) in [6, 6.07) is 12.0. The van der Waals surface area contributed by atoms with Crippen LogP contribution in [-0.2, 0) is 5.33 Å². The summed E-state index contributed by atoms with van der Waals surface area (Å²) in [5.74, 6) is 0.758. The summed E-state index contributed by atoms with van der Waals surface area (Å²) in [4.78, 5) is 0. The summed E-state index contributed by atoms with van der Waals surface area (Å²) in [7, 11) is 0. The van der Waals surface area contributed by atoms with E-state index in [1.54, 1.807) is 0 Å². The van der Waals surface area contributed by atoms with Gasteiger partial charge >= 0.3 is 0 Å². The van der Waals surface area contributed by atoms with Gasteiger partial charge in [0.1, 0.15) is 19.0 Å². The van der Waals surface area contributed by atoms with Gasteiger partial charge in [0.15, 0.2) is 0 Å². The number of rotatable bonds is 4. The van der Waals surface area contributed by atoms with Crippen LogP contribution in [0, 0.1) is 0 Å². The van der Waals surface area contributed by atoms with Gasteiger partial charge in [0.05, 0.1) is 0 Å². The van der Waals surface area contributed by atoms with E-state index in [0.29, 0.717) is 5.33 Å². The number of fused-ring (bicyclic) bond motifs is 1. The number of alkyl halides is 2. The van der Waals surface area contributed by atoms with Crippen LogP contribution in [0.2, 0.25) is 0 Å². The molecule has 0 aromatic heterocycles. The molecule has 0 amide bonds. The second kappa shape index (κ2) is 5.30. The minimum absolute atomic E-state index is 0.109. The molecule has 0 saturated carbocycles. The van der Waals surface area contributed by atoms with Crippen molar-refractivity contribution in [2.24, 2.45) is 0 Å². The van der Waals surface area contributed by atoms with Crippen LogP contribution in [0.25, 0.3) is 10.8 Å². The van der Waals surface area contributed by atoms with Crippen molar-refractivity contribution < 1.29 is 9.13 Å². The number of halogens is 2. The maximum Gasteiger partial charge on any atom is 0.124 e. The van der Waals surface area contributed by atoms with E-state index < -0.39 is 6.67 Å². The number of benzene rings is 2. The van der Waals surface area contributed by atoms with Crippen LogP contribution in [0.15, 0.2) is 36.4 Å². The third-order valence-corrected chi connectivity index (χ3v) is 3.03. The molecule has 0 aliphatic carbocycles. The first-order chi connectivity index (χ1) is 7.86. The minimum atomic E-state index is -0.464. The third-order valence-electron chi connectivity index (χ3n) is 2.47. The summed E-state index contributed by atoms with van der Waals surface area (Å²) < 4.78 is 17.5. The zero-order valence-corrected chi connectivity index (χ0v) is 10.3. The molecule has 0 aliphatic heterocycles. The van der Waals surface area contributed by atoms with Crippen molar-refractivity contribution in [2.45, 2.75) is 5.33 Å². The van der Waals surface area contributed by atoms with Gasteiger partial charge in [-0.25, -0.2) is 4.39 Å². The summed E-state index contributed by atoms with van der Waals surface area (Å²) in [6.45, 7) is -0.354. The van der Waals surface area contributed by atoms with E-state index in [4.69, 9.17) is 4.74 Å². The summed E-state index contributed by atoms with van der Waals surface area (Å²) >= 11 is 3.45. The van der Waals surface area contributed by atoms with Crippen LogP contribution in [0.1, 0.15) is 5.56 Å². The molecule has 0 bridgehead atoms. The Balaban J connectivity index is 2.50. The van der Waals surface area contributed by atoms with Gasteiger partial charge in [-0.05, 0) is 16.8 Å². The maximum atomic E-state index is 12.1. The Morgan fingerprint density at radius 3 is 2.69 bits per heavy atom. The van der Waals surface area contributed by atoms with Gasteiger partial charge in [-0.2, -0.15) is 0 Å². The van der Waals surface area contributed by atoms with Gasteiger partial charge in [0.25, 0.3) is 0 Å². The smallest absolute Gasteiger partial charge is 0.124 e. The molecule has 3 heteroatoms. The molecule has 0 spiro atoms. The lowest BCUT2D eigenvalue weighted by atomic mass is 10.0. The van der Waals surface area contributed by atoms with Gasteiger partial charge < -0.3 is 4.74 Å². The first kappa shape index (κ1) is 11.4. The largest absolute Gasteiger partial charge is 0.491 e. The second-order valence-corrected chi connectivity index (χ2v) is 4.00. The van der Waals surface area contributed by atoms with Crippen molar-refractivity contribution in [3.8, 4) is 5.75 Å². The van der Waals surface area contributed by atoms with Gasteiger partial charge in [-0.1, -0.05) is 46.3 Å². The summed E-state index contributed by atoms with van der Waals surface area (Å²) in [5, 5.41) is 3.02. The SMILES string of the molecule is FCCOc1ccc2ccccc2c1CBr. The molecular weight excluding hydrogens is 271 g/mol. The van der Waals surface area contributed by atoms with Crippen LogP contribution in [0.4, 0.5) is 4.39 Å². The standard InChI is InChI=1S/C13H12BrFO/c14-9-12-11-4-2-1-3-10(11)5-6-13(12)16-8-7-15/h1-6H,7-9H2. The molecule has 16 heavy (non-hydrogen) atoms. The van der Waals surface area contributed by atoms with E-state index in [1.165, 1.54) is 5.39 Å². The highest BCUT2D eigenvalue weighted by atomic mass is 79.9. The van der Waals surface area contributed by atoms with Crippen LogP contribution in [-0.4, -0.2) is 13.3 Å². The van der Waals surface area contributed by atoms with E-state index in [2.05, 4.69) is 22.0 Å². The Labute approximate surface area is 102 Å². The Kier molecular flexibility index (Phi) is 3.78. The van der Waals surface area contributed by atoms with Gasteiger partial charge in [0, 0.05) is 10.9 Å². The Morgan fingerprint density at radius 2 is 1.94 bits per heavy atom. The highest BCUT2D eigenvalue weighted by Gasteiger charge is 2.07. The molecule has 0 aliphatic rings. The van der Waals surface area contributed by atoms with Crippen molar-refractivity contribution in [1.29, 1.82) is 0 Å². The normalized spacial score (nSPS) is 10.6. The zero-order chi connectivity index (χ0) is 11.4. The first-order valence-corrected chi connectivity index (χ1v) is 6.24. The van der Waals surface area contributed by atoms with Crippen molar-refractivity contribution in [2.75, 3.05) is 13.3 Å². The molecule has 0 radical (unpaired) electrons. The van der Waals surface area contributed by atoms with E-state index in [1.807, 2.05) is 30.3 Å². The van der Waals surface area contributed by atoms with Gasteiger partial charge in [-0.3, -0.25) is 0 Å². The van der Waals surface area contributed by atoms with E-state index in [9.17, 15) is 4.39 Å². The maximum absolute atomic E-state index is 12.1. The van der Waals surface area contributed by atoms with Crippen molar-refractivity contribution >= 4 is 26.7 Å².